The molecule has 0 radical (unpaired) electrons. The van der Waals surface area contributed by atoms with Gasteiger partial charge in [0.05, 0.1) is 5.56 Å². The molecular formula is C22H29N3O3. The average Bonchev–Trinajstić information content (AvgIpc) is 3.35. The van der Waals surface area contributed by atoms with Crippen molar-refractivity contribution in [3.05, 3.63) is 42.2 Å². The molecule has 1 aliphatic heterocycles. The summed E-state index contributed by atoms with van der Waals surface area (Å²) in [5.41, 5.74) is 1.71. The summed E-state index contributed by atoms with van der Waals surface area (Å²) in [5, 5.41) is 6.27. The van der Waals surface area contributed by atoms with Crippen LogP contribution in [0.4, 0.5) is 0 Å². The van der Waals surface area contributed by atoms with Crippen molar-refractivity contribution >= 4 is 17.3 Å². The van der Waals surface area contributed by atoms with Gasteiger partial charge < -0.3 is 19.8 Å². The zero-order valence-corrected chi connectivity index (χ0v) is 16.2. The van der Waals surface area contributed by atoms with Crippen molar-refractivity contribution < 1.29 is 14.3 Å². The SMILES string of the molecule is O=C(NCCC1CCC(NC(=O)C2CCOCC2)C1)c1cc2ccccn2c1. The highest BCUT2D eigenvalue weighted by Gasteiger charge is 2.29. The molecule has 2 aromatic heterocycles. The summed E-state index contributed by atoms with van der Waals surface area (Å²) in [5.74, 6) is 0.854. The summed E-state index contributed by atoms with van der Waals surface area (Å²) in [6.45, 7) is 2.07. The second-order valence-corrected chi connectivity index (χ2v) is 8.08. The Morgan fingerprint density at radius 1 is 1.14 bits per heavy atom. The lowest BCUT2D eigenvalue weighted by atomic mass is 9.98. The minimum absolute atomic E-state index is 0.0222. The number of nitrogens with one attached hydrogen (secondary N) is 2. The van der Waals surface area contributed by atoms with Crippen LogP contribution in [0.15, 0.2) is 36.7 Å². The molecule has 2 aliphatic rings. The molecule has 1 saturated carbocycles. The van der Waals surface area contributed by atoms with Crippen molar-refractivity contribution in [1.29, 1.82) is 0 Å². The van der Waals surface area contributed by atoms with Crippen LogP contribution in [0.3, 0.4) is 0 Å². The van der Waals surface area contributed by atoms with E-state index in [2.05, 4.69) is 10.6 Å². The number of carbonyl (C=O) groups excluding carboxylic acids is 2. The third kappa shape index (κ3) is 4.55. The molecule has 2 aromatic rings. The monoisotopic (exact) mass is 383 g/mol. The first kappa shape index (κ1) is 19.0. The van der Waals surface area contributed by atoms with Gasteiger partial charge in [-0.05, 0) is 62.6 Å². The molecule has 2 N–H and O–H groups in total. The van der Waals surface area contributed by atoms with E-state index in [4.69, 9.17) is 4.74 Å². The molecular weight excluding hydrogens is 354 g/mol. The fraction of sp³-hybridized carbons (Fsp3) is 0.545. The molecule has 6 heteroatoms. The number of ether oxygens (including phenoxy) is 1. The number of nitrogens with zero attached hydrogens (tertiary/aromatic N) is 1. The van der Waals surface area contributed by atoms with Crippen molar-refractivity contribution in [2.75, 3.05) is 19.8 Å². The van der Waals surface area contributed by atoms with Crippen LogP contribution in [0.25, 0.3) is 5.52 Å². The maximum atomic E-state index is 12.4. The van der Waals surface area contributed by atoms with Crippen molar-refractivity contribution in [2.24, 2.45) is 11.8 Å². The Hall–Kier alpha value is -2.34. The second-order valence-electron chi connectivity index (χ2n) is 8.08. The van der Waals surface area contributed by atoms with Gasteiger partial charge >= 0.3 is 0 Å². The smallest absolute Gasteiger partial charge is 0.252 e. The molecule has 6 nitrogen and oxygen atoms in total. The number of fused-ring (bicyclic) bond motifs is 1. The standard InChI is InChI=1S/C22H29N3O3/c26-21(18-14-20-3-1-2-10-25(20)15-18)23-9-6-16-4-5-19(13-16)24-22(27)17-7-11-28-12-8-17/h1-3,10,14-17,19H,4-9,11-13H2,(H,23,26)(H,24,27). The van der Waals surface area contributed by atoms with E-state index < -0.39 is 0 Å². The Morgan fingerprint density at radius 2 is 2.00 bits per heavy atom. The summed E-state index contributed by atoms with van der Waals surface area (Å²) in [6, 6.07) is 8.10. The molecule has 2 amide bonds. The quantitative estimate of drug-likeness (QED) is 0.806. The van der Waals surface area contributed by atoms with Crippen molar-refractivity contribution in [1.82, 2.24) is 15.0 Å². The van der Waals surface area contributed by atoms with Crippen LogP contribution in [-0.2, 0) is 9.53 Å². The van der Waals surface area contributed by atoms with Crippen LogP contribution in [0, 0.1) is 11.8 Å². The van der Waals surface area contributed by atoms with Crippen LogP contribution in [0.1, 0.15) is 48.9 Å². The highest BCUT2D eigenvalue weighted by atomic mass is 16.5. The fourth-order valence-electron chi connectivity index (χ4n) is 4.42. The van der Waals surface area contributed by atoms with Crippen LogP contribution in [0.2, 0.25) is 0 Å². The second kappa shape index (κ2) is 8.78. The van der Waals surface area contributed by atoms with Gasteiger partial charge in [0, 0.05) is 49.6 Å². The number of hydrogen-bond acceptors (Lipinski definition) is 3. The van der Waals surface area contributed by atoms with Gasteiger partial charge in [0.25, 0.3) is 5.91 Å². The van der Waals surface area contributed by atoms with Crippen LogP contribution in [0.5, 0.6) is 0 Å². The topological polar surface area (TPSA) is 71.8 Å². The molecule has 2 atom stereocenters. The molecule has 1 aliphatic carbocycles. The minimum Gasteiger partial charge on any atom is -0.381 e. The molecule has 0 aromatic carbocycles. The van der Waals surface area contributed by atoms with E-state index in [1.165, 1.54) is 0 Å². The Kier molecular flexibility index (Phi) is 5.95. The maximum Gasteiger partial charge on any atom is 0.252 e. The van der Waals surface area contributed by atoms with Gasteiger partial charge in [-0.25, -0.2) is 0 Å². The number of hydrogen-bond donors (Lipinski definition) is 2. The molecule has 28 heavy (non-hydrogen) atoms. The summed E-state index contributed by atoms with van der Waals surface area (Å²) in [4.78, 5) is 24.8. The largest absolute Gasteiger partial charge is 0.381 e. The predicted molar refractivity (Wildman–Crippen MR) is 107 cm³/mol. The Balaban J connectivity index is 1.18. The number of carbonyl (C=O) groups is 2. The lowest BCUT2D eigenvalue weighted by Gasteiger charge is -2.23. The van der Waals surface area contributed by atoms with Crippen LogP contribution >= 0.6 is 0 Å². The van der Waals surface area contributed by atoms with Gasteiger partial charge in [-0.1, -0.05) is 6.07 Å². The lowest BCUT2D eigenvalue weighted by molar-refractivity contribution is -0.128. The maximum absolute atomic E-state index is 12.4. The van der Waals surface area contributed by atoms with Crippen LogP contribution in [-0.4, -0.2) is 42.0 Å². The zero-order valence-electron chi connectivity index (χ0n) is 16.2. The summed E-state index contributed by atoms with van der Waals surface area (Å²) < 4.78 is 7.29. The molecule has 3 heterocycles. The first-order chi connectivity index (χ1) is 13.7. The first-order valence-electron chi connectivity index (χ1n) is 10.4. The van der Waals surface area contributed by atoms with E-state index in [-0.39, 0.29) is 23.8 Å². The lowest BCUT2D eigenvalue weighted by Crippen LogP contribution is -2.39. The van der Waals surface area contributed by atoms with Crippen molar-refractivity contribution in [3.8, 4) is 0 Å². The van der Waals surface area contributed by atoms with Crippen LogP contribution < -0.4 is 10.6 Å². The average molecular weight is 383 g/mol. The molecule has 2 unspecified atom stereocenters. The summed E-state index contributed by atoms with van der Waals surface area (Å²) >= 11 is 0. The third-order valence-corrected chi connectivity index (χ3v) is 6.08. The predicted octanol–water partition coefficient (Wildman–Crippen LogP) is 2.77. The molecule has 0 bridgehead atoms. The van der Waals surface area contributed by atoms with Gasteiger partial charge in [0.1, 0.15) is 0 Å². The number of rotatable bonds is 6. The number of aromatic nitrogens is 1. The molecule has 2 fully saturated rings. The van der Waals surface area contributed by atoms with E-state index in [0.29, 0.717) is 31.2 Å². The van der Waals surface area contributed by atoms with Crippen molar-refractivity contribution in [3.63, 3.8) is 0 Å². The van der Waals surface area contributed by atoms with Gasteiger partial charge in [-0.3, -0.25) is 9.59 Å². The Morgan fingerprint density at radius 3 is 2.82 bits per heavy atom. The molecule has 150 valence electrons. The number of amides is 2. The minimum atomic E-state index is -0.0222. The van der Waals surface area contributed by atoms with Gasteiger partial charge in [0.15, 0.2) is 0 Å². The fourth-order valence-corrected chi connectivity index (χ4v) is 4.42. The van der Waals surface area contributed by atoms with E-state index in [1.807, 2.05) is 41.1 Å². The normalized spacial score (nSPS) is 23.0. The molecule has 4 rings (SSSR count). The molecule has 1 saturated heterocycles. The van der Waals surface area contributed by atoms with Gasteiger partial charge in [-0.15, -0.1) is 0 Å². The van der Waals surface area contributed by atoms with Gasteiger partial charge in [0.2, 0.25) is 5.91 Å². The zero-order chi connectivity index (χ0) is 19.3. The third-order valence-electron chi connectivity index (χ3n) is 6.08. The first-order valence-corrected chi connectivity index (χ1v) is 10.4. The van der Waals surface area contributed by atoms with Gasteiger partial charge in [-0.2, -0.15) is 0 Å². The Bertz CT molecular complexity index is 792. The highest BCUT2D eigenvalue weighted by molar-refractivity contribution is 5.95. The van der Waals surface area contributed by atoms with E-state index in [9.17, 15) is 9.59 Å². The van der Waals surface area contributed by atoms with E-state index in [1.54, 1.807) is 0 Å². The summed E-state index contributed by atoms with van der Waals surface area (Å²) in [6.07, 6.45) is 9.61. The summed E-state index contributed by atoms with van der Waals surface area (Å²) in [7, 11) is 0. The number of pyridine rings is 1. The van der Waals surface area contributed by atoms with E-state index >= 15 is 0 Å². The van der Waals surface area contributed by atoms with Crippen molar-refractivity contribution in [2.45, 2.75) is 44.6 Å². The van der Waals surface area contributed by atoms with E-state index in [0.717, 1.165) is 44.0 Å². The highest BCUT2D eigenvalue weighted by Crippen LogP contribution is 2.28. The Labute approximate surface area is 165 Å². The molecule has 0 spiro atoms.